The standard InChI is InChI=1S/C14H23N3O4/c1-15-5-2-11(3-6-15)4-7-16-8-13(19)17(9-12(16)18)10-14(20)21/h11H,2-10H2,1H3,(H,20,21). The van der Waals surface area contributed by atoms with Gasteiger partial charge in [-0.2, -0.15) is 0 Å². The molecule has 0 spiro atoms. The molecule has 0 aromatic heterocycles. The maximum Gasteiger partial charge on any atom is 0.323 e. The minimum atomic E-state index is -1.09. The maximum atomic E-state index is 12.0. The number of hydrogen-bond donors (Lipinski definition) is 1. The van der Waals surface area contributed by atoms with Gasteiger partial charge in [-0.1, -0.05) is 0 Å². The first kappa shape index (κ1) is 15.8. The van der Waals surface area contributed by atoms with Crippen molar-refractivity contribution in [3.63, 3.8) is 0 Å². The number of amides is 2. The van der Waals surface area contributed by atoms with Crippen LogP contribution in [-0.4, -0.2) is 83.9 Å². The molecule has 1 N–H and O–H groups in total. The van der Waals surface area contributed by atoms with Gasteiger partial charge in [0.25, 0.3) is 0 Å². The first-order valence-electron chi connectivity index (χ1n) is 7.41. The molecule has 2 fully saturated rings. The van der Waals surface area contributed by atoms with Gasteiger partial charge < -0.3 is 19.8 Å². The molecule has 118 valence electrons. The van der Waals surface area contributed by atoms with Gasteiger partial charge in [0.15, 0.2) is 0 Å². The van der Waals surface area contributed by atoms with Crippen LogP contribution in [0.5, 0.6) is 0 Å². The highest BCUT2D eigenvalue weighted by Gasteiger charge is 2.31. The highest BCUT2D eigenvalue weighted by atomic mass is 16.4. The van der Waals surface area contributed by atoms with Crippen molar-refractivity contribution in [3.05, 3.63) is 0 Å². The van der Waals surface area contributed by atoms with E-state index in [1.54, 1.807) is 4.90 Å². The summed E-state index contributed by atoms with van der Waals surface area (Å²) in [6.07, 6.45) is 3.20. The van der Waals surface area contributed by atoms with Crippen LogP contribution in [0.4, 0.5) is 0 Å². The number of nitrogens with zero attached hydrogens (tertiary/aromatic N) is 3. The second kappa shape index (κ2) is 6.89. The molecule has 2 heterocycles. The highest BCUT2D eigenvalue weighted by molar-refractivity contribution is 5.94. The molecule has 2 rings (SSSR count). The zero-order valence-corrected chi connectivity index (χ0v) is 12.5. The van der Waals surface area contributed by atoms with E-state index in [0.717, 1.165) is 37.3 Å². The molecule has 2 aliphatic rings. The number of carbonyl (C=O) groups is 3. The molecule has 0 aromatic carbocycles. The monoisotopic (exact) mass is 297 g/mol. The Morgan fingerprint density at radius 2 is 1.71 bits per heavy atom. The Morgan fingerprint density at radius 1 is 1.14 bits per heavy atom. The normalized spacial score (nSPS) is 22.0. The Balaban J connectivity index is 1.78. The molecule has 0 radical (unpaired) electrons. The third kappa shape index (κ3) is 4.42. The lowest BCUT2D eigenvalue weighted by Crippen LogP contribution is -2.55. The number of hydrogen-bond acceptors (Lipinski definition) is 4. The van der Waals surface area contributed by atoms with Crippen molar-refractivity contribution < 1.29 is 19.5 Å². The molecule has 2 saturated heterocycles. The van der Waals surface area contributed by atoms with Gasteiger partial charge in [-0.3, -0.25) is 14.4 Å². The van der Waals surface area contributed by atoms with Crippen LogP contribution in [0.1, 0.15) is 19.3 Å². The van der Waals surface area contributed by atoms with E-state index in [2.05, 4.69) is 11.9 Å². The number of piperidine rings is 1. The van der Waals surface area contributed by atoms with Crippen molar-refractivity contribution in [1.82, 2.24) is 14.7 Å². The molecule has 21 heavy (non-hydrogen) atoms. The van der Waals surface area contributed by atoms with E-state index in [0.29, 0.717) is 12.5 Å². The van der Waals surface area contributed by atoms with E-state index < -0.39 is 12.5 Å². The second-order valence-corrected chi connectivity index (χ2v) is 5.99. The first-order chi connectivity index (χ1) is 9.95. The van der Waals surface area contributed by atoms with E-state index in [1.807, 2.05) is 0 Å². The molecule has 0 aromatic rings. The predicted octanol–water partition coefficient (Wildman–Crippen LogP) is -0.526. The van der Waals surface area contributed by atoms with E-state index in [4.69, 9.17) is 5.11 Å². The third-order valence-electron chi connectivity index (χ3n) is 4.33. The maximum absolute atomic E-state index is 12.0. The van der Waals surface area contributed by atoms with E-state index >= 15 is 0 Å². The SMILES string of the molecule is CN1CCC(CCN2CC(=O)N(CC(=O)O)CC2=O)CC1. The summed E-state index contributed by atoms with van der Waals surface area (Å²) in [5, 5.41) is 8.71. The lowest BCUT2D eigenvalue weighted by atomic mass is 9.93. The lowest BCUT2D eigenvalue weighted by molar-refractivity contribution is -0.154. The zero-order chi connectivity index (χ0) is 15.4. The fraction of sp³-hybridized carbons (Fsp3) is 0.786. The Hall–Kier alpha value is -1.63. The van der Waals surface area contributed by atoms with Crippen molar-refractivity contribution in [2.24, 2.45) is 5.92 Å². The van der Waals surface area contributed by atoms with Crippen molar-refractivity contribution in [1.29, 1.82) is 0 Å². The summed E-state index contributed by atoms with van der Waals surface area (Å²) >= 11 is 0. The molecule has 0 aliphatic carbocycles. The molecule has 0 unspecified atom stereocenters. The number of carbonyl (C=O) groups excluding carboxylic acids is 2. The molecule has 0 bridgehead atoms. The molecule has 0 atom stereocenters. The number of carboxylic acid groups (broad SMARTS) is 1. The van der Waals surface area contributed by atoms with Crippen molar-refractivity contribution in [2.75, 3.05) is 46.3 Å². The van der Waals surface area contributed by atoms with Gasteiger partial charge in [0.2, 0.25) is 11.8 Å². The average Bonchev–Trinajstić information content (AvgIpc) is 2.42. The smallest absolute Gasteiger partial charge is 0.323 e. The topological polar surface area (TPSA) is 81.2 Å². The predicted molar refractivity (Wildman–Crippen MR) is 75.6 cm³/mol. The minimum absolute atomic E-state index is 0.0126. The zero-order valence-electron chi connectivity index (χ0n) is 12.5. The second-order valence-electron chi connectivity index (χ2n) is 5.99. The van der Waals surface area contributed by atoms with Gasteiger partial charge in [-0.05, 0) is 45.3 Å². The van der Waals surface area contributed by atoms with Crippen LogP contribution in [0, 0.1) is 5.92 Å². The summed E-state index contributed by atoms with van der Waals surface area (Å²) in [6.45, 7) is 2.28. The van der Waals surface area contributed by atoms with Gasteiger partial charge in [0.1, 0.15) is 13.1 Å². The molecule has 2 amide bonds. The summed E-state index contributed by atoms with van der Waals surface area (Å²) in [4.78, 5) is 39.4. The molecule has 7 heteroatoms. The summed E-state index contributed by atoms with van der Waals surface area (Å²) in [7, 11) is 2.11. The molecule has 7 nitrogen and oxygen atoms in total. The average molecular weight is 297 g/mol. The lowest BCUT2D eigenvalue weighted by Gasteiger charge is -2.35. The van der Waals surface area contributed by atoms with Crippen molar-refractivity contribution >= 4 is 17.8 Å². The summed E-state index contributed by atoms with van der Waals surface area (Å²) in [5.41, 5.74) is 0. The van der Waals surface area contributed by atoms with Gasteiger partial charge >= 0.3 is 5.97 Å². The molecular weight excluding hydrogens is 274 g/mol. The van der Waals surface area contributed by atoms with Crippen LogP contribution < -0.4 is 0 Å². The number of aliphatic carboxylic acids is 1. The molecule has 0 saturated carbocycles. The summed E-state index contributed by atoms with van der Waals surface area (Å²) in [6, 6.07) is 0. The quantitative estimate of drug-likeness (QED) is 0.738. The molecular formula is C14H23N3O4. The van der Waals surface area contributed by atoms with Crippen LogP contribution in [-0.2, 0) is 14.4 Å². The van der Waals surface area contributed by atoms with E-state index in [1.165, 1.54) is 0 Å². The van der Waals surface area contributed by atoms with Gasteiger partial charge in [0, 0.05) is 6.54 Å². The van der Waals surface area contributed by atoms with Crippen molar-refractivity contribution in [2.45, 2.75) is 19.3 Å². The van der Waals surface area contributed by atoms with Crippen molar-refractivity contribution in [3.8, 4) is 0 Å². The van der Waals surface area contributed by atoms with Crippen LogP contribution in [0.2, 0.25) is 0 Å². The largest absolute Gasteiger partial charge is 0.480 e. The minimum Gasteiger partial charge on any atom is -0.480 e. The number of rotatable bonds is 5. The Kier molecular flexibility index (Phi) is 5.17. The van der Waals surface area contributed by atoms with Gasteiger partial charge in [-0.15, -0.1) is 0 Å². The fourth-order valence-corrected chi connectivity index (χ4v) is 2.90. The van der Waals surface area contributed by atoms with Crippen LogP contribution in [0.3, 0.4) is 0 Å². The molecule has 2 aliphatic heterocycles. The van der Waals surface area contributed by atoms with E-state index in [9.17, 15) is 14.4 Å². The van der Waals surface area contributed by atoms with Crippen LogP contribution in [0.15, 0.2) is 0 Å². The van der Waals surface area contributed by atoms with Gasteiger partial charge in [-0.25, -0.2) is 0 Å². The Bertz CT molecular complexity index is 418. The summed E-state index contributed by atoms with van der Waals surface area (Å²) < 4.78 is 0. The fourth-order valence-electron chi connectivity index (χ4n) is 2.90. The third-order valence-corrected chi connectivity index (χ3v) is 4.33. The highest BCUT2D eigenvalue weighted by Crippen LogP contribution is 2.20. The number of piperazine rings is 1. The summed E-state index contributed by atoms with van der Waals surface area (Å²) in [5.74, 6) is -0.902. The number of likely N-dealkylation sites (tertiary alicyclic amines) is 1. The van der Waals surface area contributed by atoms with Gasteiger partial charge in [0.05, 0.1) is 6.54 Å². The van der Waals surface area contributed by atoms with Crippen LogP contribution >= 0.6 is 0 Å². The van der Waals surface area contributed by atoms with E-state index in [-0.39, 0.29) is 24.9 Å². The first-order valence-corrected chi connectivity index (χ1v) is 7.41. The number of carboxylic acids is 1. The Morgan fingerprint density at radius 3 is 2.33 bits per heavy atom. The van der Waals surface area contributed by atoms with Crippen LogP contribution in [0.25, 0.3) is 0 Å². The Labute approximate surface area is 124 Å².